The van der Waals surface area contributed by atoms with Gasteiger partial charge in [-0.25, -0.2) is 0 Å². The van der Waals surface area contributed by atoms with Gasteiger partial charge in [0, 0.05) is 11.9 Å². The predicted molar refractivity (Wildman–Crippen MR) is 75.2 cm³/mol. The summed E-state index contributed by atoms with van der Waals surface area (Å²) in [6, 6.07) is 10.2. The highest BCUT2D eigenvalue weighted by Gasteiger charge is 2.12. The summed E-state index contributed by atoms with van der Waals surface area (Å²) < 4.78 is 22.6. The Hall–Kier alpha value is -2.08. The molecule has 0 aliphatic rings. The van der Waals surface area contributed by atoms with Gasteiger partial charge in [0.1, 0.15) is 11.5 Å². The molecule has 106 valence electrons. The maximum absolute atomic E-state index is 12.2. The summed E-state index contributed by atoms with van der Waals surface area (Å²) >= 11 is 0. The van der Waals surface area contributed by atoms with Crippen molar-refractivity contribution < 1.29 is 18.2 Å². The zero-order valence-electron chi connectivity index (χ0n) is 11.2. The molecule has 1 unspecified atom stereocenters. The Bertz CT molecular complexity index is 618. The van der Waals surface area contributed by atoms with E-state index in [1.54, 1.807) is 43.5 Å². The Kier molecular flexibility index (Phi) is 4.57. The minimum Gasteiger partial charge on any atom is -0.497 e. The molecule has 0 fully saturated rings. The average molecular weight is 293 g/mol. The second-order valence-corrected chi connectivity index (χ2v) is 5.46. The molecule has 1 aromatic carbocycles. The van der Waals surface area contributed by atoms with Gasteiger partial charge in [0.2, 0.25) is 0 Å². The summed E-state index contributed by atoms with van der Waals surface area (Å²) in [6.07, 6.45) is 0. The van der Waals surface area contributed by atoms with Crippen LogP contribution in [-0.2, 0) is 16.6 Å². The van der Waals surface area contributed by atoms with Gasteiger partial charge in [0.15, 0.2) is 5.76 Å². The van der Waals surface area contributed by atoms with Gasteiger partial charge in [-0.2, -0.15) is 0 Å². The Labute approximate surface area is 119 Å². The van der Waals surface area contributed by atoms with Crippen molar-refractivity contribution in [2.75, 3.05) is 14.2 Å². The van der Waals surface area contributed by atoms with E-state index in [1.165, 1.54) is 7.05 Å². The normalized spacial score (nSPS) is 11.9. The summed E-state index contributed by atoms with van der Waals surface area (Å²) in [4.78, 5) is 12.0. The zero-order valence-corrected chi connectivity index (χ0v) is 12.0. The van der Waals surface area contributed by atoms with Crippen molar-refractivity contribution in [3.05, 3.63) is 47.9 Å². The lowest BCUT2D eigenvalue weighted by atomic mass is 10.3. The molecule has 0 aliphatic heterocycles. The van der Waals surface area contributed by atoms with E-state index < -0.39 is 10.8 Å². The summed E-state index contributed by atoms with van der Waals surface area (Å²) in [6.45, 7) is 0. The van der Waals surface area contributed by atoms with Crippen LogP contribution in [0.25, 0.3) is 0 Å². The molecule has 0 radical (unpaired) electrons. The van der Waals surface area contributed by atoms with Gasteiger partial charge >= 0.3 is 0 Å². The second kappa shape index (κ2) is 6.38. The summed E-state index contributed by atoms with van der Waals surface area (Å²) in [5.74, 6) is 1.37. The van der Waals surface area contributed by atoms with E-state index >= 15 is 0 Å². The van der Waals surface area contributed by atoms with E-state index in [0.29, 0.717) is 16.4 Å². The molecule has 1 aromatic heterocycles. The van der Waals surface area contributed by atoms with Crippen molar-refractivity contribution >= 4 is 16.7 Å². The fourth-order valence-electron chi connectivity index (χ4n) is 1.64. The molecule has 0 saturated carbocycles. The minimum absolute atomic E-state index is 0.217. The van der Waals surface area contributed by atoms with Crippen molar-refractivity contribution in [2.45, 2.75) is 10.6 Å². The summed E-state index contributed by atoms with van der Waals surface area (Å²) in [7, 11) is 1.88. The largest absolute Gasteiger partial charge is 0.497 e. The van der Waals surface area contributed by atoms with Gasteiger partial charge in [0.25, 0.3) is 5.91 Å². The maximum Gasteiger partial charge on any atom is 0.286 e. The Morgan fingerprint density at radius 3 is 2.55 bits per heavy atom. The van der Waals surface area contributed by atoms with Crippen LogP contribution in [0.1, 0.15) is 16.3 Å². The first-order valence-electron chi connectivity index (χ1n) is 5.97. The molecule has 6 heteroatoms. The number of methoxy groups -OCH3 is 1. The van der Waals surface area contributed by atoms with Crippen molar-refractivity contribution in [3.63, 3.8) is 0 Å². The number of rotatable bonds is 5. The number of hydrogen-bond acceptors (Lipinski definition) is 4. The van der Waals surface area contributed by atoms with Gasteiger partial charge in [-0.15, -0.1) is 0 Å². The molecule has 1 amide bonds. The van der Waals surface area contributed by atoms with Gasteiger partial charge in [-0.1, -0.05) is 0 Å². The highest BCUT2D eigenvalue weighted by molar-refractivity contribution is 7.84. The van der Waals surface area contributed by atoms with Crippen molar-refractivity contribution in [1.82, 2.24) is 5.32 Å². The highest BCUT2D eigenvalue weighted by atomic mass is 32.2. The van der Waals surface area contributed by atoms with Crippen LogP contribution in [0, 0.1) is 0 Å². The number of benzene rings is 1. The third-order valence-electron chi connectivity index (χ3n) is 2.71. The molecular formula is C14H15NO4S. The van der Waals surface area contributed by atoms with E-state index in [2.05, 4.69) is 5.32 Å². The second-order valence-electron chi connectivity index (χ2n) is 4.01. The molecule has 0 aliphatic carbocycles. The van der Waals surface area contributed by atoms with E-state index in [0.717, 1.165) is 0 Å². The smallest absolute Gasteiger partial charge is 0.286 e. The average Bonchev–Trinajstić information content (AvgIpc) is 2.95. The van der Waals surface area contributed by atoms with Crippen molar-refractivity contribution in [1.29, 1.82) is 0 Å². The van der Waals surface area contributed by atoms with Crippen LogP contribution in [0.15, 0.2) is 45.7 Å². The monoisotopic (exact) mass is 293 g/mol. The number of carbonyl (C=O) groups excluding carboxylic acids is 1. The maximum atomic E-state index is 12.2. The van der Waals surface area contributed by atoms with Crippen LogP contribution in [0.4, 0.5) is 0 Å². The van der Waals surface area contributed by atoms with Gasteiger partial charge < -0.3 is 14.5 Å². The van der Waals surface area contributed by atoms with E-state index in [9.17, 15) is 9.00 Å². The lowest BCUT2D eigenvalue weighted by Crippen LogP contribution is -2.16. The number of hydrogen-bond donors (Lipinski definition) is 1. The molecule has 1 N–H and O–H groups in total. The predicted octanol–water partition coefficient (Wildman–Crippen LogP) is 1.96. The van der Waals surface area contributed by atoms with Crippen LogP contribution in [-0.4, -0.2) is 24.3 Å². The third kappa shape index (κ3) is 3.27. The lowest BCUT2D eigenvalue weighted by Gasteiger charge is -2.02. The topological polar surface area (TPSA) is 68.5 Å². The fourth-order valence-corrected chi connectivity index (χ4v) is 2.66. The minimum atomic E-state index is -1.23. The molecule has 20 heavy (non-hydrogen) atoms. The molecule has 0 bridgehead atoms. The van der Waals surface area contributed by atoms with Crippen LogP contribution in [0.3, 0.4) is 0 Å². The molecule has 1 heterocycles. The molecule has 0 saturated heterocycles. The molecule has 2 rings (SSSR count). The van der Waals surface area contributed by atoms with E-state index in [1.807, 2.05) is 0 Å². The number of carbonyl (C=O) groups is 1. The Balaban J connectivity index is 2.07. The summed E-state index contributed by atoms with van der Waals surface area (Å²) in [5.41, 5.74) is 0. The van der Waals surface area contributed by atoms with Crippen LogP contribution < -0.4 is 10.1 Å². The van der Waals surface area contributed by atoms with E-state index in [4.69, 9.17) is 9.15 Å². The van der Waals surface area contributed by atoms with Crippen LogP contribution in [0.5, 0.6) is 5.75 Å². The zero-order chi connectivity index (χ0) is 14.5. The Morgan fingerprint density at radius 2 is 1.95 bits per heavy atom. The third-order valence-corrected chi connectivity index (χ3v) is 4.05. The molecule has 1 atom stereocenters. The van der Waals surface area contributed by atoms with Gasteiger partial charge in [-0.3, -0.25) is 9.00 Å². The number of amides is 1. The van der Waals surface area contributed by atoms with E-state index in [-0.39, 0.29) is 17.4 Å². The quantitative estimate of drug-likeness (QED) is 0.915. The van der Waals surface area contributed by atoms with Crippen LogP contribution in [0.2, 0.25) is 0 Å². The van der Waals surface area contributed by atoms with Crippen molar-refractivity contribution in [3.8, 4) is 5.75 Å². The van der Waals surface area contributed by atoms with Gasteiger partial charge in [0.05, 0.1) is 23.7 Å². The Morgan fingerprint density at radius 1 is 1.25 bits per heavy atom. The first-order chi connectivity index (χ1) is 9.63. The molecule has 2 aromatic rings. The number of nitrogens with one attached hydrogen (secondary N) is 1. The van der Waals surface area contributed by atoms with Crippen LogP contribution >= 0.6 is 0 Å². The molecule has 0 spiro atoms. The number of furan rings is 1. The summed E-state index contributed by atoms with van der Waals surface area (Å²) in [5, 5.41) is 2.47. The standard InChI is InChI=1S/C14H15NO4S/c1-15-14(16)13-8-5-11(19-13)9-20(17)12-6-3-10(18-2)4-7-12/h3-8H,9H2,1-2H3,(H,15,16). The molecule has 5 nitrogen and oxygen atoms in total. The first kappa shape index (κ1) is 14.3. The number of ether oxygens (including phenoxy) is 1. The molecular weight excluding hydrogens is 278 g/mol. The fraction of sp³-hybridized carbons (Fsp3) is 0.214. The highest BCUT2D eigenvalue weighted by Crippen LogP contribution is 2.18. The SMILES string of the molecule is CNC(=O)c1ccc(CS(=O)c2ccc(OC)cc2)o1. The lowest BCUT2D eigenvalue weighted by molar-refractivity contribution is 0.0934. The van der Waals surface area contributed by atoms with Crippen molar-refractivity contribution in [2.24, 2.45) is 0 Å². The first-order valence-corrected chi connectivity index (χ1v) is 7.29. The van der Waals surface area contributed by atoms with Gasteiger partial charge in [-0.05, 0) is 36.4 Å².